The Labute approximate surface area is 125 Å². The molecule has 0 aliphatic carbocycles. The lowest BCUT2D eigenvalue weighted by molar-refractivity contribution is 0.102. The molecule has 20 heavy (non-hydrogen) atoms. The van der Waals surface area contributed by atoms with Gasteiger partial charge in [0.15, 0.2) is 0 Å². The number of benzene rings is 1. The first kappa shape index (κ1) is 14.3. The Balaban J connectivity index is 2.23. The van der Waals surface area contributed by atoms with Gasteiger partial charge in [-0.2, -0.15) is 0 Å². The van der Waals surface area contributed by atoms with Crippen LogP contribution in [0.15, 0.2) is 34.9 Å². The summed E-state index contributed by atoms with van der Waals surface area (Å²) in [5.41, 5.74) is 8.27. The van der Waals surface area contributed by atoms with Crippen molar-refractivity contribution in [2.75, 3.05) is 18.2 Å². The fourth-order valence-corrected chi connectivity index (χ4v) is 2.18. The standard InChI is InChI=1S/C14H14BrN3O2/c1-8-11(5-9(15)6-12(8)16)14(19)18-10-3-4-13(20-2)17-7-10/h3-7H,16H2,1-2H3,(H,18,19). The molecule has 2 rings (SSSR count). The summed E-state index contributed by atoms with van der Waals surface area (Å²) >= 11 is 3.33. The van der Waals surface area contributed by atoms with E-state index in [1.54, 1.807) is 24.3 Å². The van der Waals surface area contributed by atoms with Crippen molar-refractivity contribution < 1.29 is 9.53 Å². The van der Waals surface area contributed by atoms with Gasteiger partial charge in [0.25, 0.3) is 5.91 Å². The van der Waals surface area contributed by atoms with Crippen LogP contribution in [0.4, 0.5) is 11.4 Å². The van der Waals surface area contributed by atoms with E-state index in [1.807, 2.05) is 6.92 Å². The maximum Gasteiger partial charge on any atom is 0.256 e. The van der Waals surface area contributed by atoms with Gasteiger partial charge in [-0.25, -0.2) is 4.98 Å². The van der Waals surface area contributed by atoms with Gasteiger partial charge in [0.1, 0.15) is 0 Å². The van der Waals surface area contributed by atoms with Crippen LogP contribution in [0.1, 0.15) is 15.9 Å². The number of hydrogen-bond acceptors (Lipinski definition) is 4. The lowest BCUT2D eigenvalue weighted by atomic mass is 10.1. The molecular weight excluding hydrogens is 322 g/mol. The number of nitrogens with one attached hydrogen (secondary N) is 1. The average Bonchev–Trinajstić information content (AvgIpc) is 2.43. The number of hydrogen-bond donors (Lipinski definition) is 2. The molecule has 1 heterocycles. The molecule has 3 N–H and O–H groups in total. The summed E-state index contributed by atoms with van der Waals surface area (Å²) in [6, 6.07) is 6.90. The Morgan fingerprint density at radius 2 is 2.15 bits per heavy atom. The fourth-order valence-electron chi connectivity index (χ4n) is 1.71. The molecule has 0 atom stereocenters. The number of nitrogens with two attached hydrogens (primary N) is 1. The smallest absolute Gasteiger partial charge is 0.256 e. The molecule has 0 fully saturated rings. The van der Waals surface area contributed by atoms with Gasteiger partial charge in [-0.1, -0.05) is 15.9 Å². The van der Waals surface area contributed by atoms with E-state index in [0.29, 0.717) is 22.8 Å². The number of methoxy groups -OCH3 is 1. The zero-order valence-electron chi connectivity index (χ0n) is 11.1. The zero-order chi connectivity index (χ0) is 14.7. The van der Waals surface area contributed by atoms with Crippen LogP contribution in [-0.4, -0.2) is 18.0 Å². The topological polar surface area (TPSA) is 77.2 Å². The Bertz CT molecular complexity index is 642. The molecule has 1 aromatic heterocycles. The van der Waals surface area contributed by atoms with Crippen LogP contribution in [0.5, 0.6) is 5.88 Å². The van der Waals surface area contributed by atoms with Crippen molar-refractivity contribution in [3.8, 4) is 5.88 Å². The SMILES string of the molecule is COc1ccc(NC(=O)c2cc(Br)cc(N)c2C)cn1. The number of carbonyl (C=O) groups is 1. The number of ether oxygens (including phenoxy) is 1. The molecule has 0 saturated carbocycles. The van der Waals surface area contributed by atoms with Crippen LogP contribution in [-0.2, 0) is 0 Å². The second-order valence-corrected chi connectivity index (χ2v) is 5.13. The number of carbonyl (C=O) groups excluding carboxylic acids is 1. The summed E-state index contributed by atoms with van der Waals surface area (Å²) in [7, 11) is 1.54. The Kier molecular flexibility index (Phi) is 4.24. The third-order valence-corrected chi connectivity index (χ3v) is 3.32. The average molecular weight is 336 g/mol. The molecule has 1 aromatic carbocycles. The molecule has 6 heteroatoms. The van der Waals surface area contributed by atoms with Gasteiger partial charge in [0.2, 0.25) is 5.88 Å². The Hall–Kier alpha value is -2.08. The second-order valence-electron chi connectivity index (χ2n) is 4.21. The predicted octanol–water partition coefficient (Wildman–Crippen LogP) is 3.00. The van der Waals surface area contributed by atoms with Gasteiger partial charge in [-0.3, -0.25) is 4.79 Å². The minimum Gasteiger partial charge on any atom is -0.481 e. The van der Waals surface area contributed by atoms with E-state index < -0.39 is 0 Å². The van der Waals surface area contributed by atoms with Crippen LogP contribution in [0.2, 0.25) is 0 Å². The van der Waals surface area contributed by atoms with E-state index in [1.165, 1.54) is 13.3 Å². The lowest BCUT2D eigenvalue weighted by Crippen LogP contribution is -2.14. The number of halogens is 1. The molecule has 1 amide bonds. The normalized spacial score (nSPS) is 10.2. The Morgan fingerprint density at radius 3 is 2.75 bits per heavy atom. The van der Waals surface area contributed by atoms with Gasteiger partial charge in [-0.05, 0) is 30.7 Å². The van der Waals surface area contributed by atoms with Gasteiger partial charge in [0, 0.05) is 21.8 Å². The molecular formula is C14H14BrN3O2. The molecule has 0 aliphatic rings. The van der Waals surface area contributed by atoms with Crippen molar-refractivity contribution in [1.29, 1.82) is 0 Å². The van der Waals surface area contributed by atoms with E-state index >= 15 is 0 Å². The van der Waals surface area contributed by atoms with Crippen LogP contribution >= 0.6 is 15.9 Å². The van der Waals surface area contributed by atoms with Crippen molar-refractivity contribution in [1.82, 2.24) is 4.98 Å². The number of pyridine rings is 1. The zero-order valence-corrected chi connectivity index (χ0v) is 12.7. The summed E-state index contributed by atoms with van der Waals surface area (Å²) in [5.74, 6) is 0.258. The monoisotopic (exact) mass is 335 g/mol. The molecule has 2 aromatic rings. The third kappa shape index (κ3) is 3.08. The number of nitrogens with zero attached hydrogens (tertiary/aromatic N) is 1. The molecule has 0 bridgehead atoms. The van der Waals surface area contributed by atoms with Crippen molar-refractivity contribution in [3.05, 3.63) is 46.1 Å². The van der Waals surface area contributed by atoms with Crippen molar-refractivity contribution in [3.63, 3.8) is 0 Å². The highest BCUT2D eigenvalue weighted by Crippen LogP contribution is 2.23. The molecule has 0 spiro atoms. The predicted molar refractivity (Wildman–Crippen MR) is 82.0 cm³/mol. The summed E-state index contributed by atoms with van der Waals surface area (Å²) in [4.78, 5) is 16.3. The fraction of sp³-hybridized carbons (Fsp3) is 0.143. The van der Waals surface area contributed by atoms with Crippen LogP contribution in [0.25, 0.3) is 0 Å². The molecule has 0 unspecified atom stereocenters. The van der Waals surface area contributed by atoms with Crippen LogP contribution in [0, 0.1) is 6.92 Å². The molecule has 0 aliphatic heterocycles. The van der Waals surface area contributed by atoms with Gasteiger partial charge < -0.3 is 15.8 Å². The summed E-state index contributed by atoms with van der Waals surface area (Å²) in [6.45, 7) is 1.81. The number of aromatic nitrogens is 1. The maximum absolute atomic E-state index is 12.2. The summed E-state index contributed by atoms with van der Waals surface area (Å²) in [6.07, 6.45) is 1.54. The maximum atomic E-state index is 12.2. The minimum atomic E-state index is -0.234. The van der Waals surface area contributed by atoms with Crippen molar-refractivity contribution >= 4 is 33.2 Å². The van der Waals surface area contributed by atoms with Gasteiger partial charge in [0.05, 0.1) is 19.0 Å². The second kappa shape index (κ2) is 5.92. The first-order chi connectivity index (χ1) is 9.51. The van der Waals surface area contributed by atoms with E-state index in [-0.39, 0.29) is 5.91 Å². The van der Waals surface area contributed by atoms with E-state index in [0.717, 1.165) is 10.0 Å². The number of amides is 1. The van der Waals surface area contributed by atoms with E-state index in [9.17, 15) is 4.79 Å². The molecule has 104 valence electrons. The first-order valence-corrected chi connectivity index (χ1v) is 6.67. The lowest BCUT2D eigenvalue weighted by Gasteiger charge is -2.10. The van der Waals surface area contributed by atoms with Crippen molar-refractivity contribution in [2.45, 2.75) is 6.92 Å². The van der Waals surface area contributed by atoms with Crippen LogP contribution in [0.3, 0.4) is 0 Å². The number of anilines is 2. The minimum absolute atomic E-state index is 0.234. The number of nitrogen functional groups attached to an aromatic ring is 1. The molecule has 0 radical (unpaired) electrons. The summed E-state index contributed by atoms with van der Waals surface area (Å²) in [5, 5.41) is 2.77. The van der Waals surface area contributed by atoms with E-state index in [2.05, 4.69) is 26.2 Å². The summed E-state index contributed by atoms with van der Waals surface area (Å²) < 4.78 is 5.73. The van der Waals surface area contributed by atoms with Crippen molar-refractivity contribution in [2.24, 2.45) is 0 Å². The molecule has 0 saturated heterocycles. The quantitative estimate of drug-likeness (QED) is 0.845. The highest BCUT2D eigenvalue weighted by molar-refractivity contribution is 9.10. The largest absolute Gasteiger partial charge is 0.481 e. The van der Waals surface area contributed by atoms with Gasteiger partial charge in [-0.15, -0.1) is 0 Å². The molecule has 5 nitrogen and oxygen atoms in total. The number of rotatable bonds is 3. The van der Waals surface area contributed by atoms with Gasteiger partial charge >= 0.3 is 0 Å². The van der Waals surface area contributed by atoms with E-state index in [4.69, 9.17) is 10.5 Å². The highest BCUT2D eigenvalue weighted by Gasteiger charge is 2.12. The van der Waals surface area contributed by atoms with Crippen LogP contribution < -0.4 is 15.8 Å². The Morgan fingerprint density at radius 1 is 1.40 bits per heavy atom. The highest BCUT2D eigenvalue weighted by atomic mass is 79.9. The third-order valence-electron chi connectivity index (χ3n) is 2.86. The first-order valence-electron chi connectivity index (χ1n) is 5.88.